The summed E-state index contributed by atoms with van der Waals surface area (Å²) in [6.45, 7) is 3.87. The molecule has 1 aromatic carbocycles. The molecule has 0 saturated carbocycles. The molecule has 0 fully saturated rings. The number of aromatic nitrogens is 5. The van der Waals surface area contributed by atoms with Crippen molar-refractivity contribution < 1.29 is 14.3 Å². The maximum atomic E-state index is 13.0. The van der Waals surface area contributed by atoms with Gasteiger partial charge in [-0.15, -0.1) is 10.2 Å². The minimum absolute atomic E-state index is 0.0143. The van der Waals surface area contributed by atoms with Crippen LogP contribution in [-0.2, 0) is 7.05 Å². The van der Waals surface area contributed by atoms with Crippen LogP contribution in [0, 0.1) is 0 Å². The van der Waals surface area contributed by atoms with Gasteiger partial charge in [0.05, 0.1) is 24.0 Å². The van der Waals surface area contributed by atoms with Gasteiger partial charge in [0.25, 0.3) is 5.91 Å². The van der Waals surface area contributed by atoms with Crippen molar-refractivity contribution in [3.8, 4) is 17.1 Å². The van der Waals surface area contributed by atoms with Crippen molar-refractivity contribution in [1.82, 2.24) is 35.6 Å². The van der Waals surface area contributed by atoms with Crippen molar-refractivity contribution in [1.29, 1.82) is 0 Å². The molecular weight excluding hydrogens is 459 g/mol. The molecule has 4 N–H and O–H groups in total. The van der Waals surface area contributed by atoms with Gasteiger partial charge in [0, 0.05) is 19.2 Å². The zero-order valence-corrected chi connectivity index (χ0v) is 21.6. The molecule has 0 bridgehead atoms. The van der Waals surface area contributed by atoms with E-state index in [0.29, 0.717) is 28.5 Å². The van der Waals surface area contributed by atoms with Crippen LogP contribution in [0.2, 0.25) is 0 Å². The van der Waals surface area contributed by atoms with E-state index < -0.39 is 17.2 Å². The first kappa shape index (κ1) is 26.6. The number of hydrogen-bond acceptors (Lipinski definition) is 8. The highest BCUT2D eigenvalue weighted by Gasteiger charge is 2.23. The molecule has 3 aromatic rings. The molecule has 2 aromatic heterocycles. The molecule has 0 aliphatic carbocycles. The van der Waals surface area contributed by atoms with E-state index in [4.69, 9.17) is 4.74 Å². The fourth-order valence-corrected chi connectivity index (χ4v) is 3.23. The van der Waals surface area contributed by atoms with E-state index in [2.05, 4.69) is 41.5 Å². The summed E-state index contributed by atoms with van der Waals surface area (Å²) in [4.78, 5) is 29.7. The Hall–Kier alpha value is -4.03. The number of aryl methyl sites for hydroxylation is 1. The predicted octanol–water partition coefficient (Wildman–Crippen LogP) is -0.815. The Morgan fingerprint density at radius 2 is 1.94 bits per heavy atom. The largest absolute Gasteiger partial charge is 0.494 e. The van der Waals surface area contributed by atoms with Crippen LogP contribution < -0.4 is 26.0 Å². The van der Waals surface area contributed by atoms with Gasteiger partial charge in [-0.25, -0.2) is 9.78 Å². The van der Waals surface area contributed by atoms with Crippen LogP contribution in [0.4, 0.5) is 22.0 Å². The molecule has 12 nitrogen and oxygen atoms in total. The van der Waals surface area contributed by atoms with Crippen molar-refractivity contribution in [3.05, 3.63) is 36.3 Å². The van der Waals surface area contributed by atoms with Gasteiger partial charge in [-0.2, -0.15) is 5.10 Å². The van der Waals surface area contributed by atoms with Crippen molar-refractivity contribution in [2.24, 2.45) is 7.05 Å². The maximum absolute atomic E-state index is 13.0. The molecule has 0 saturated heterocycles. The summed E-state index contributed by atoms with van der Waals surface area (Å²) in [5.41, 5.74) is 1.60. The number of urea groups is 1. The number of carbonyl (C=O) groups excluding carboxylic acids is 2. The summed E-state index contributed by atoms with van der Waals surface area (Å²) in [7, 11) is 8.92. The minimum atomic E-state index is -0.495. The second kappa shape index (κ2) is 11.1. The number of para-hydroxylation sites is 1. The Balaban J connectivity index is 2.01. The van der Waals surface area contributed by atoms with Crippen LogP contribution in [-0.4, -0.2) is 78.8 Å². The Morgan fingerprint density at radius 1 is 1.19 bits per heavy atom. The number of anilines is 3. The van der Waals surface area contributed by atoms with E-state index in [-0.39, 0.29) is 17.6 Å². The molecule has 1 atom stereocenters. The van der Waals surface area contributed by atoms with Crippen LogP contribution in [0.3, 0.4) is 0 Å². The molecule has 1 unspecified atom stereocenters. The van der Waals surface area contributed by atoms with E-state index >= 15 is 0 Å². The van der Waals surface area contributed by atoms with E-state index in [0.717, 1.165) is 6.42 Å². The van der Waals surface area contributed by atoms with Gasteiger partial charge in [0.2, 0.25) is 0 Å². The molecule has 3 amide bonds. The number of benzene rings is 1. The number of amides is 3. The molecule has 36 heavy (non-hydrogen) atoms. The van der Waals surface area contributed by atoms with Gasteiger partial charge in [-0.3, -0.25) is 14.8 Å². The van der Waals surface area contributed by atoms with Crippen LogP contribution in [0.5, 0.6) is 5.75 Å². The second-order valence-electron chi connectivity index (χ2n) is 9.36. The van der Waals surface area contributed by atoms with Crippen LogP contribution >= 0.6 is 0 Å². The van der Waals surface area contributed by atoms with Crippen LogP contribution in [0.25, 0.3) is 11.4 Å². The molecular formula is C21H30B3N9O3. The lowest BCUT2D eigenvalue weighted by atomic mass is 9.49. The number of nitrogens with one attached hydrogen (secondary N) is 4. The highest BCUT2D eigenvalue weighted by atomic mass is 16.5. The number of carbonyl (C=O) groups is 2. The SMILES string of the molecule is BC(B)(B)NC(=O)c1nnc(NC(=O)NC(C)CC)cc1Nc1cccc(-c2ncn(C)n2)c1OC. The highest BCUT2D eigenvalue weighted by Crippen LogP contribution is 2.37. The predicted molar refractivity (Wildman–Crippen MR) is 146 cm³/mol. The lowest BCUT2D eigenvalue weighted by Crippen LogP contribution is -2.50. The zero-order valence-electron chi connectivity index (χ0n) is 21.6. The van der Waals surface area contributed by atoms with Gasteiger partial charge in [-0.1, -0.05) is 13.0 Å². The lowest BCUT2D eigenvalue weighted by Gasteiger charge is -2.22. The van der Waals surface area contributed by atoms with Gasteiger partial charge in [-0.05, 0) is 30.7 Å². The second-order valence-corrected chi connectivity index (χ2v) is 9.36. The number of nitrogens with zero attached hydrogens (tertiary/aromatic N) is 5. The molecule has 0 aliphatic rings. The smallest absolute Gasteiger partial charge is 0.320 e. The average molecular weight is 489 g/mol. The lowest BCUT2D eigenvalue weighted by molar-refractivity contribution is 0.0947. The number of ether oxygens (including phenoxy) is 1. The third kappa shape index (κ3) is 6.77. The van der Waals surface area contributed by atoms with E-state index in [1.54, 1.807) is 30.2 Å². The number of hydrogen-bond donors (Lipinski definition) is 4. The van der Waals surface area contributed by atoms with E-state index in [9.17, 15) is 9.59 Å². The fraction of sp³-hybridized carbons (Fsp3) is 0.333. The van der Waals surface area contributed by atoms with Crippen molar-refractivity contribution in [2.75, 3.05) is 17.7 Å². The molecule has 0 aliphatic heterocycles. The molecule has 3 rings (SSSR count). The van der Waals surface area contributed by atoms with Gasteiger partial charge in [0.15, 0.2) is 23.1 Å². The standard InChI is InChI=1S/C21H30B3N9O3/c1-5-11(2)26-20(35)28-15-9-14(16(31-30-15)19(34)29-21(22,23)24)27-13-8-6-7-12(17(13)36-4)18-25-10-33(3)32-18/h6-11H,5,22-24H2,1-4H3,(H,29,34)(H3,26,27,28,30,35). The quantitative estimate of drug-likeness (QED) is 0.286. The summed E-state index contributed by atoms with van der Waals surface area (Å²) in [5, 5.41) is 23.6. The maximum Gasteiger partial charge on any atom is 0.320 e. The minimum Gasteiger partial charge on any atom is -0.494 e. The normalized spacial score (nSPS) is 11.9. The molecule has 186 valence electrons. The fourth-order valence-electron chi connectivity index (χ4n) is 3.23. The van der Waals surface area contributed by atoms with Crippen LogP contribution in [0.15, 0.2) is 30.6 Å². The van der Waals surface area contributed by atoms with Crippen molar-refractivity contribution >= 4 is 52.7 Å². The molecule has 0 spiro atoms. The topological polar surface area (TPSA) is 148 Å². The van der Waals surface area contributed by atoms with Gasteiger partial charge < -0.3 is 20.7 Å². The zero-order chi connectivity index (χ0) is 26.5. The summed E-state index contributed by atoms with van der Waals surface area (Å²) in [6.07, 6.45) is 2.37. The first-order valence-electron chi connectivity index (χ1n) is 11.6. The summed E-state index contributed by atoms with van der Waals surface area (Å²) in [6, 6.07) is 6.56. The molecule has 15 heteroatoms. The average Bonchev–Trinajstić information content (AvgIpc) is 3.23. The van der Waals surface area contributed by atoms with Crippen LogP contribution in [0.1, 0.15) is 30.8 Å². The third-order valence-electron chi connectivity index (χ3n) is 5.06. The summed E-state index contributed by atoms with van der Waals surface area (Å²) < 4.78 is 7.27. The van der Waals surface area contributed by atoms with Gasteiger partial charge in [0.1, 0.15) is 29.9 Å². The van der Waals surface area contributed by atoms with Crippen molar-refractivity contribution in [3.63, 3.8) is 0 Å². The monoisotopic (exact) mass is 489 g/mol. The third-order valence-corrected chi connectivity index (χ3v) is 5.06. The molecule has 2 heterocycles. The Labute approximate surface area is 212 Å². The van der Waals surface area contributed by atoms with Crippen molar-refractivity contribution in [2.45, 2.75) is 31.5 Å². The Morgan fingerprint density at radius 3 is 2.56 bits per heavy atom. The summed E-state index contributed by atoms with van der Waals surface area (Å²) in [5.74, 6) is 0.717. The van der Waals surface area contributed by atoms with E-state index in [1.807, 2.05) is 49.5 Å². The van der Waals surface area contributed by atoms with Gasteiger partial charge >= 0.3 is 6.03 Å². The van der Waals surface area contributed by atoms with E-state index in [1.165, 1.54) is 7.11 Å². The molecule has 0 radical (unpaired) electrons. The Kier molecular flexibility index (Phi) is 8.23. The Bertz CT molecular complexity index is 1250. The first-order chi connectivity index (χ1) is 17.0. The summed E-state index contributed by atoms with van der Waals surface area (Å²) >= 11 is 0. The number of rotatable bonds is 9. The first-order valence-corrected chi connectivity index (χ1v) is 11.6. The number of methoxy groups -OCH3 is 1. The highest BCUT2D eigenvalue weighted by molar-refractivity contribution is 6.60.